The quantitative estimate of drug-likeness (QED) is 0.261. The molecule has 2 N–H and O–H groups in total. The summed E-state index contributed by atoms with van der Waals surface area (Å²) in [6, 6.07) is 23.4. The van der Waals surface area contributed by atoms with Gasteiger partial charge in [-0.25, -0.2) is 9.79 Å². The predicted molar refractivity (Wildman–Crippen MR) is 156 cm³/mol. The summed E-state index contributed by atoms with van der Waals surface area (Å²) in [5, 5.41) is 22.6. The van der Waals surface area contributed by atoms with Gasteiger partial charge in [-0.1, -0.05) is 83.9 Å². The molecule has 218 valence electrons. The fraction of sp³-hybridized carbons (Fsp3) is 0.194. The second-order valence-corrected chi connectivity index (χ2v) is 10.2. The van der Waals surface area contributed by atoms with E-state index >= 15 is 0 Å². The Morgan fingerprint density at radius 3 is 2.07 bits per heavy atom. The number of carbonyl (C=O) groups is 2. The standard InChI is InChI=1S/C18H18O6.C13H10Cl2N2O/c19-17(20)15(23-11-13-7-3-1-4-8-13)16(18(21)22)24-12-14-9-5-2-6-10-14;1-8(17-3-2-16-7-17)12-5-9-4-10(14)6-11(15)13(9)18-12/h1-10,15-16H,11-12H2,(H,19,20)(H,21,22);2-8H,1H3/t15-,16-;/m0./s1. The summed E-state index contributed by atoms with van der Waals surface area (Å²) >= 11 is 12.1. The molecule has 3 aromatic carbocycles. The number of hydrogen-bond donors (Lipinski definition) is 2. The third-order valence-electron chi connectivity index (χ3n) is 6.35. The van der Waals surface area contributed by atoms with E-state index in [0.29, 0.717) is 15.6 Å². The van der Waals surface area contributed by atoms with E-state index in [2.05, 4.69) is 11.9 Å². The molecule has 1 aliphatic rings. The molecule has 0 radical (unpaired) electrons. The highest BCUT2D eigenvalue weighted by molar-refractivity contribution is 6.38. The molecule has 42 heavy (non-hydrogen) atoms. The maximum absolute atomic E-state index is 11.4. The summed E-state index contributed by atoms with van der Waals surface area (Å²) < 4.78 is 16.3. The highest BCUT2D eigenvalue weighted by Crippen LogP contribution is 2.32. The summed E-state index contributed by atoms with van der Waals surface area (Å²) in [6.07, 6.45) is 2.21. The number of benzene rings is 3. The van der Waals surface area contributed by atoms with Gasteiger partial charge in [-0.3, -0.25) is 4.90 Å². The van der Waals surface area contributed by atoms with E-state index in [1.54, 1.807) is 60.8 Å². The van der Waals surface area contributed by atoms with Crippen molar-refractivity contribution < 1.29 is 38.6 Å². The number of halogens is 2. The molecule has 1 aliphatic heterocycles. The Labute approximate surface area is 252 Å². The number of aliphatic imine (C=N–C) groups is 1. The van der Waals surface area contributed by atoms with Crippen LogP contribution in [-0.2, 0) is 32.3 Å². The molecule has 4 atom stereocenters. The Hall–Kier alpha value is -3.99. The van der Waals surface area contributed by atoms with Gasteiger partial charge in [0.25, 0.3) is 0 Å². The number of nitrogens with one attached hydrogen (secondary N) is 1. The first-order chi connectivity index (χ1) is 20.2. The lowest BCUT2D eigenvalue weighted by molar-refractivity contribution is -0.774. The molecule has 1 aromatic heterocycles. The van der Waals surface area contributed by atoms with Crippen molar-refractivity contribution in [3.05, 3.63) is 118 Å². The van der Waals surface area contributed by atoms with Gasteiger partial charge in [0, 0.05) is 10.4 Å². The zero-order valence-electron chi connectivity index (χ0n) is 22.5. The number of hydrogen-bond acceptors (Lipinski definition) is 7. The average Bonchev–Trinajstić information content (AvgIpc) is 3.66. The summed E-state index contributed by atoms with van der Waals surface area (Å²) in [4.78, 5) is 27.9. The monoisotopic (exact) mass is 610 g/mol. The molecule has 0 spiro atoms. The summed E-state index contributed by atoms with van der Waals surface area (Å²) in [7, 11) is 0. The van der Waals surface area contributed by atoms with Gasteiger partial charge in [0.05, 0.1) is 30.4 Å². The average molecular weight is 611 g/mol. The van der Waals surface area contributed by atoms with E-state index in [9.17, 15) is 19.8 Å². The van der Waals surface area contributed by atoms with Crippen molar-refractivity contribution in [1.29, 1.82) is 0 Å². The van der Waals surface area contributed by atoms with Crippen molar-refractivity contribution in [1.82, 2.24) is 0 Å². The summed E-state index contributed by atoms with van der Waals surface area (Å²) in [5.41, 5.74) is 2.13. The van der Waals surface area contributed by atoms with Crippen LogP contribution in [0.25, 0.3) is 11.0 Å². The fourth-order valence-corrected chi connectivity index (χ4v) is 4.67. The maximum Gasteiger partial charge on any atom is 0.335 e. The van der Waals surface area contributed by atoms with Gasteiger partial charge in [0.15, 0.2) is 29.8 Å². The number of aliphatic carboxylic acids is 2. The molecule has 0 saturated carbocycles. The molecule has 0 fully saturated rings. The number of furan rings is 1. The maximum atomic E-state index is 11.4. The van der Waals surface area contributed by atoms with Crippen molar-refractivity contribution in [3.8, 4) is 0 Å². The molecule has 9 nitrogen and oxygen atoms in total. The van der Waals surface area contributed by atoms with E-state index in [4.69, 9.17) is 37.1 Å². The Balaban J connectivity index is 0.000000200. The van der Waals surface area contributed by atoms with Gasteiger partial charge in [0.2, 0.25) is 0 Å². The number of quaternary nitrogens is 1. The van der Waals surface area contributed by atoms with Crippen LogP contribution >= 0.6 is 23.2 Å². The molecule has 2 unspecified atom stereocenters. The number of ether oxygens (including phenoxy) is 2. The van der Waals surface area contributed by atoms with Crippen LogP contribution in [0.1, 0.15) is 29.9 Å². The Kier molecular flexibility index (Phi) is 10.9. The summed E-state index contributed by atoms with van der Waals surface area (Å²) in [5.74, 6) is -2.19. The van der Waals surface area contributed by atoms with E-state index in [0.717, 1.165) is 27.2 Å². The zero-order valence-corrected chi connectivity index (χ0v) is 24.0. The van der Waals surface area contributed by atoms with E-state index in [1.165, 1.54) is 0 Å². The second kappa shape index (κ2) is 14.8. The van der Waals surface area contributed by atoms with Crippen LogP contribution in [-0.4, -0.2) is 35.6 Å². The molecule has 4 aromatic rings. The number of carbonyl (C=O) groups excluding carboxylic acids is 1. The lowest BCUT2D eigenvalue weighted by atomic mass is 10.2. The zero-order chi connectivity index (χ0) is 30.1. The van der Waals surface area contributed by atoms with Gasteiger partial charge >= 0.3 is 5.97 Å². The van der Waals surface area contributed by atoms with Crippen molar-refractivity contribution in [2.24, 2.45) is 4.99 Å². The number of fused-ring (bicyclic) bond motifs is 1. The lowest BCUT2D eigenvalue weighted by Gasteiger charge is -2.25. The Morgan fingerprint density at radius 2 is 1.55 bits per heavy atom. The third-order valence-corrected chi connectivity index (χ3v) is 6.85. The predicted octanol–water partition coefficient (Wildman–Crippen LogP) is 4.19. The number of rotatable bonds is 11. The first-order valence-electron chi connectivity index (χ1n) is 12.9. The van der Waals surface area contributed by atoms with Crippen LogP contribution in [0, 0.1) is 0 Å². The number of carboxylic acid groups (broad SMARTS) is 2. The van der Waals surface area contributed by atoms with Crippen LogP contribution in [0.4, 0.5) is 0 Å². The summed E-state index contributed by atoms with van der Waals surface area (Å²) in [6.45, 7) is 1.97. The van der Waals surface area contributed by atoms with Gasteiger partial charge < -0.3 is 28.9 Å². The first-order valence-corrected chi connectivity index (χ1v) is 13.7. The van der Waals surface area contributed by atoms with E-state index in [1.807, 2.05) is 36.8 Å². The largest absolute Gasteiger partial charge is 0.547 e. The second-order valence-electron chi connectivity index (χ2n) is 9.36. The topological polar surface area (TPSA) is 126 Å². The molecule has 2 heterocycles. The van der Waals surface area contributed by atoms with Crippen LogP contribution < -0.4 is 10.0 Å². The molecule has 0 aliphatic carbocycles. The minimum atomic E-state index is -1.72. The Morgan fingerprint density at radius 1 is 0.952 bits per heavy atom. The molecule has 0 bridgehead atoms. The normalized spacial score (nSPS) is 16.0. The van der Waals surface area contributed by atoms with Crippen LogP contribution in [0.5, 0.6) is 0 Å². The van der Waals surface area contributed by atoms with Gasteiger partial charge in [-0.2, -0.15) is 0 Å². The molecule has 11 heteroatoms. The first kappa shape index (κ1) is 31.0. The van der Waals surface area contributed by atoms with Gasteiger partial charge in [-0.15, -0.1) is 0 Å². The lowest BCUT2D eigenvalue weighted by Crippen LogP contribution is -3.05. The van der Waals surface area contributed by atoms with Crippen molar-refractivity contribution in [3.63, 3.8) is 0 Å². The highest BCUT2D eigenvalue weighted by atomic mass is 35.5. The fourth-order valence-electron chi connectivity index (χ4n) is 4.12. The SMILES string of the molecule is CC(c1cc2cc(Cl)cc(Cl)c2o1)[NH+]1C=CN=C1.O=C([O-])[C@@H](OCc1ccccc1)[C@H](OCc1ccccc1)C(=O)O. The minimum absolute atomic E-state index is 0.0454. The Bertz CT molecular complexity index is 1490. The van der Waals surface area contributed by atoms with E-state index in [-0.39, 0.29) is 19.3 Å². The molecular weight excluding hydrogens is 583 g/mol. The van der Waals surface area contributed by atoms with Crippen LogP contribution in [0.3, 0.4) is 0 Å². The molecular formula is C31H28Cl2N2O7. The van der Waals surface area contributed by atoms with Crippen molar-refractivity contribution in [2.45, 2.75) is 38.4 Å². The van der Waals surface area contributed by atoms with Gasteiger partial charge in [-0.05, 0) is 36.2 Å². The van der Waals surface area contributed by atoms with Crippen molar-refractivity contribution >= 4 is 52.4 Å². The minimum Gasteiger partial charge on any atom is -0.547 e. The van der Waals surface area contributed by atoms with Crippen LogP contribution in [0.2, 0.25) is 10.0 Å². The molecule has 0 amide bonds. The third kappa shape index (κ3) is 8.28. The molecule has 5 rings (SSSR count). The van der Waals surface area contributed by atoms with Gasteiger partial charge in [0.1, 0.15) is 12.3 Å². The van der Waals surface area contributed by atoms with Crippen LogP contribution in [0.15, 0.2) is 101 Å². The van der Waals surface area contributed by atoms with E-state index < -0.39 is 24.1 Å². The number of carboxylic acids is 2. The van der Waals surface area contributed by atoms with Crippen molar-refractivity contribution in [2.75, 3.05) is 0 Å². The highest BCUT2D eigenvalue weighted by Gasteiger charge is 2.31. The molecule has 0 saturated heterocycles. The number of nitrogens with zero attached hydrogens (tertiary/aromatic N) is 1. The smallest absolute Gasteiger partial charge is 0.335 e.